The van der Waals surface area contributed by atoms with Crippen molar-refractivity contribution < 1.29 is 9.53 Å². The van der Waals surface area contributed by atoms with Crippen LogP contribution in [0.3, 0.4) is 0 Å². The van der Waals surface area contributed by atoms with E-state index in [2.05, 4.69) is 49.9 Å². The normalized spacial score (nSPS) is 17.2. The standard InChI is InChI=1S/C21H33NO2/c1-16(2)24-20(23)14-17-10-12-22(13-11-17)15-18-6-8-19(9-7-18)21(3,4)5/h6-9,16-17H,10-15H2,1-5H3. The summed E-state index contributed by atoms with van der Waals surface area (Å²) in [5.41, 5.74) is 2.97. The highest BCUT2D eigenvalue weighted by molar-refractivity contribution is 5.69. The molecule has 1 aliphatic heterocycles. The quantitative estimate of drug-likeness (QED) is 0.742. The molecule has 3 nitrogen and oxygen atoms in total. The van der Waals surface area contributed by atoms with Crippen molar-refractivity contribution in [2.75, 3.05) is 13.1 Å². The fourth-order valence-electron chi connectivity index (χ4n) is 3.26. The molecule has 0 saturated carbocycles. The van der Waals surface area contributed by atoms with Gasteiger partial charge in [-0.2, -0.15) is 0 Å². The van der Waals surface area contributed by atoms with Crippen LogP contribution in [0.2, 0.25) is 0 Å². The Morgan fingerprint density at radius 3 is 2.25 bits per heavy atom. The monoisotopic (exact) mass is 331 g/mol. The van der Waals surface area contributed by atoms with E-state index in [4.69, 9.17) is 4.74 Å². The Kier molecular flexibility index (Phi) is 6.45. The smallest absolute Gasteiger partial charge is 0.306 e. The van der Waals surface area contributed by atoms with Gasteiger partial charge in [-0.3, -0.25) is 9.69 Å². The molecule has 1 aliphatic rings. The van der Waals surface area contributed by atoms with Gasteiger partial charge < -0.3 is 4.74 Å². The highest BCUT2D eigenvalue weighted by Gasteiger charge is 2.22. The molecule has 1 fully saturated rings. The molecule has 0 N–H and O–H groups in total. The van der Waals surface area contributed by atoms with Crippen LogP contribution in [0.4, 0.5) is 0 Å². The minimum Gasteiger partial charge on any atom is -0.463 e. The second-order valence-corrected chi connectivity index (χ2v) is 8.41. The summed E-state index contributed by atoms with van der Waals surface area (Å²) in [7, 11) is 0. The number of esters is 1. The molecule has 0 amide bonds. The minimum absolute atomic E-state index is 0.00587. The molecule has 1 saturated heterocycles. The lowest BCUT2D eigenvalue weighted by atomic mass is 9.86. The van der Waals surface area contributed by atoms with Crippen molar-refractivity contribution in [3.63, 3.8) is 0 Å². The predicted octanol–water partition coefficient (Wildman–Crippen LogP) is 4.54. The van der Waals surface area contributed by atoms with Crippen molar-refractivity contribution in [2.45, 2.75) is 71.9 Å². The number of nitrogens with zero attached hydrogens (tertiary/aromatic N) is 1. The predicted molar refractivity (Wildman–Crippen MR) is 99.0 cm³/mol. The molecule has 0 atom stereocenters. The van der Waals surface area contributed by atoms with Gasteiger partial charge in [0.05, 0.1) is 6.10 Å². The van der Waals surface area contributed by atoms with Crippen LogP contribution in [0.5, 0.6) is 0 Å². The number of likely N-dealkylation sites (tertiary alicyclic amines) is 1. The van der Waals surface area contributed by atoms with Crippen molar-refractivity contribution in [3.8, 4) is 0 Å². The average molecular weight is 332 g/mol. The van der Waals surface area contributed by atoms with Gasteiger partial charge in [0.15, 0.2) is 0 Å². The zero-order valence-corrected chi connectivity index (χ0v) is 16.0. The van der Waals surface area contributed by atoms with Crippen molar-refractivity contribution in [1.82, 2.24) is 4.90 Å². The van der Waals surface area contributed by atoms with E-state index < -0.39 is 0 Å². The van der Waals surface area contributed by atoms with E-state index in [0.717, 1.165) is 32.5 Å². The van der Waals surface area contributed by atoms with Crippen molar-refractivity contribution in [1.29, 1.82) is 0 Å². The van der Waals surface area contributed by atoms with Gasteiger partial charge >= 0.3 is 5.97 Å². The van der Waals surface area contributed by atoms with E-state index in [1.54, 1.807) is 0 Å². The summed E-state index contributed by atoms with van der Waals surface area (Å²) in [5.74, 6) is 0.442. The number of hydrogen-bond donors (Lipinski definition) is 0. The number of rotatable bonds is 5. The molecule has 1 aromatic carbocycles. The number of hydrogen-bond acceptors (Lipinski definition) is 3. The van der Waals surface area contributed by atoms with E-state index in [0.29, 0.717) is 12.3 Å². The van der Waals surface area contributed by atoms with Crippen LogP contribution in [0.1, 0.15) is 65.0 Å². The van der Waals surface area contributed by atoms with Gasteiger partial charge in [-0.05, 0) is 62.2 Å². The number of ether oxygens (including phenoxy) is 1. The number of piperidine rings is 1. The summed E-state index contributed by atoms with van der Waals surface area (Å²) < 4.78 is 5.26. The highest BCUT2D eigenvalue weighted by Crippen LogP contribution is 2.25. The van der Waals surface area contributed by atoms with Gasteiger partial charge in [0.2, 0.25) is 0 Å². The topological polar surface area (TPSA) is 29.5 Å². The Balaban J connectivity index is 1.78. The van der Waals surface area contributed by atoms with E-state index in [1.165, 1.54) is 11.1 Å². The van der Waals surface area contributed by atoms with Crippen molar-refractivity contribution in [3.05, 3.63) is 35.4 Å². The van der Waals surface area contributed by atoms with Gasteiger partial charge in [-0.15, -0.1) is 0 Å². The summed E-state index contributed by atoms with van der Waals surface area (Å²) in [5, 5.41) is 0. The molecular formula is C21H33NO2. The highest BCUT2D eigenvalue weighted by atomic mass is 16.5. The zero-order chi connectivity index (χ0) is 17.7. The lowest BCUT2D eigenvalue weighted by Gasteiger charge is -2.31. The SMILES string of the molecule is CC(C)OC(=O)CC1CCN(Cc2ccc(C(C)(C)C)cc2)CC1. The Morgan fingerprint density at radius 2 is 1.75 bits per heavy atom. The lowest BCUT2D eigenvalue weighted by Crippen LogP contribution is -2.34. The maximum Gasteiger partial charge on any atom is 0.306 e. The molecule has 0 bridgehead atoms. The van der Waals surface area contributed by atoms with Crippen LogP contribution < -0.4 is 0 Å². The van der Waals surface area contributed by atoms with E-state index in [1.807, 2.05) is 13.8 Å². The average Bonchev–Trinajstić information content (AvgIpc) is 2.48. The number of benzene rings is 1. The summed E-state index contributed by atoms with van der Waals surface area (Å²) in [6.45, 7) is 13.7. The lowest BCUT2D eigenvalue weighted by molar-refractivity contribution is -0.148. The Hall–Kier alpha value is -1.35. The fraction of sp³-hybridized carbons (Fsp3) is 0.667. The van der Waals surface area contributed by atoms with Crippen LogP contribution in [0.15, 0.2) is 24.3 Å². The van der Waals surface area contributed by atoms with Gasteiger partial charge in [-0.1, -0.05) is 45.0 Å². The Bertz CT molecular complexity index is 520. The van der Waals surface area contributed by atoms with Gasteiger partial charge in [0, 0.05) is 13.0 Å². The van der Waals surface area contributed by atoms with Crippen LogP contribution in [-0.4, -0.2) is 30.1 Å². The molecule has 1 aromatic rings. The third kappa shape index (κ3) is 5.94. The number of carbonyl (C=O) groups excluding carboxylic acids is 1. The van der Waals surface area contributed by atoms with E-state index in [-0.39, 0.29) is 17.5 Å². The second kappa shape index (κ2) is 8.15. The minimum atomic E-state index is -0.0405. The molecule has 24 heavy (non-hydrogen) atoms. The van der Waals surface area contributed by atoms with E-state index in [9.17, 15) is 4.79 Å². The van der Waals surface area contributed by atoms with Gasteiger partial charge in [-0.25, -0.2) is 0 Å². The molecule has 0 unspecified atom stereocenters. The zero-order valence-electron chi connectivity index (χ0n) is 16.0. The molecule has 0 radical (unpaired) electrons. The van der Waals surface area contributed by atoms with Crippen LogP contribution in [-0.2, 0) is 21.5 Å². The first-order valence-electron chi connectivity index (χ1n) is 9.25. The Labute approximate surface area is 147 Å². The summed E-state index contributed by atoms with van der Waals surface area (Å²) in [6.07, 6.45) is 2.75. The maximum atomic E-state index is 11.8. The molecule has 1 heterocycles. The van der Waals surface area contributed by atoms with Gasteiger partial charge in [0.25, 0.3) is 0 Å². The second-order valence-electron chi connectivity index (χ2n) is 8.41. The van der Waals surface area contributed by atoms with Crippen molar-refractivity contribution in [2.24, 2.45) is 5.92 Å². The summed E-state index contributed by atoms with van der Waals surface area (Å²) >= 11 is 0. The van der Waals surface area contributed by atoms with Crippen LogP contribution in [0.25, 0.3) is 0 Å². The molecule has 0 spiro atoms. The molecule has 2 rings (SSSR count). The molecular weight excluding hydrogens is 298 g/mol. The summed E-state index contributed by atoms with van der Waals surface area (Å²) in [6, 6.07) is 9.02. The molecule has 0 aromatic heterocycles. The number of carbonyl (C=O) groups is 1. The van der Waals surface area contributed by atoms with Gasteiger partial charge in [0.1, 0.15) is 0 Å². The van der Waals surface area contributed by atoms with Crippen LogP contribution in [0, 0.1) is 5.92 Å². The molecule has 134 valence electrons. The largest absolute Gasteiger partial charge is 0.463 e. The molecule has 3 heteroatoms. The Morgan fingerprint density at radius 1 is 1.17 bits per heavy atom. The third-order valence-electron chi connectivity index (χ3n) is 4.76. The van der Waals surface area contributed by atoms with Crippen molar-refractivity contribution >= 4 is 5.97 Å². The maximum absolute atomic E-state index is 11.8. The fourth-order valence-corrected chi connectivity index (χ4v) is 3.26. The molecule has 0 aliphatic carbocycles. The first kappa shape index (κ1) is 19.0. The third-order valence-corrected chi connectivity index (χ3v) is 4.76. The summed E-state index contributed by atoms with van der Waals surface area (Å²) in [4.78, 5) is 14.3. The van der Waals surface area contributed by atoms with Crippen LogP contribution >= 0.6 is 0 Å². The first-order chi connectivity index (χ1) is 11.2. The van der Waals surface area contributed by atoms with E-state index >= 15 is 0 Å². The first-order valence-corrected chi connectivity index (χ1v) is 9.25.